The Bertz CT molecular complexity index is 568. The second-order valence-corrected chi connectivity index (χ2v) is 5.94. The summed E-state index contributed by atoms with van der Waals surface area (Å²) in [7, 11) is -2.14. The number of rotatable bonds is 7. The number of oxime groups is 1. The zero-order chi connectivity index (χ0) is 15.0. The predicted molar refractivity (Wildman–Crippen MR) is 75.2 cm³/mol. The van der Waals surface area contributed by atoms with Gasteiger partial charge in [-0.15, -0.1) is 0 Å². The minimum absolute atomic E-state index is 0.0649. The van der Waals surface area contributed by atoms with Crippen molar-refractivity contribution in [3.63, 3.8) is 0 Å². The van der Waals surface area contributed by atoms with E-state index in [0.29, 0.717) is 29.9 Å². The molecular formula is C13H18N2O4S. The molecule has 6 nitrogen and oxygen atoms in total. The molecule has 1 rings (SSSR count). The molecule has 0 spiro atoms. The summed E-state index contributed by atoms with van der Waals surface area (Å²) >= 11 is 0. The fraction of sp³-hybridized carbons (Fsp3) is 0.538. The molecule has 0 saturated heterocycles. The monoisotopic (exact) mass is 298 g/mol. The standard InChI is InChI=1S/C13H18N2O4S/c1-3-4-9-20(16,17)19-15-13-10-12(18-2)6-5-11(13)7-8-14/h5-6H,3-4,7,9-10H2,1-2H3. The molecule has 0 heterocycles. The molecule has 0 unspecified atom stereocenters. The second kappa shape index (κ2) is 7.70. The number of hydrogen-bond acceptors (Lipinski definition) is 6. The summed E-state index contributed by atoms with van der Waals surface area (Å²) in [6, 6.07) is 2.01. The Morgan fingerprint density at radius 2 is 2.20 bits per heavy atom. The Labute approximate surface area is 119 Å². The van der Waals surface area contributed by atoms with Gasteiger partial charge in [-0.1, -0.05) is 24.6 Å². The van der Waals surface area contributed by atoms with Crippen molar-refractivity contribution in [3.05, 3.63) is 23.5 Å². The SMILES string of the molecule is CCCCS(=O)(=O)ON=C1CC(OC)=CC=C1CC#N. The first-order chi connectivity index (χ1) is 9.52. The minimum atomic E-state index is -3.66. The number of methoxy groups -OCH3 is 1. The van der Waals surface area contributed by atoms with Gasteiger partial charge in [-0.05, 0) is 18.1 Å². The van der Waals surface area contributed by atoms with Gasteiger partial charge in [0.15, 0.2) is 0 Å². The maximum absolute atomic E-state index is 11.6. The maximum atomic E-state index is 11.6. The molecule has 0 bridgehead atoms. The van der Waals surface area contributed by atoms with Crippen molar-refractivity contribution in [1.82, 2.24) is 0 Å². The van der Waals surface area contributed by atoms with Crippen molar-refractivity contribution in [1.29, 1.82) is 5.26 Å². The molecule has 1 aliphatic carbocycles. The molecule has 7 heteroatoms. The molecule has 0 saturated carbocycles. The summed E-state index contributed by atoms with van der Waals surface area (Å²) in [5, 5.41) is 12.4. The fourth-order valence-corrected chi connectivity index (χ4v) is 2.48. The van der Waals surface area contributed by atoms with Gasteiger partial charge < -0.3 is 4.74 Å². The Morgan fingerprint density at radius 1 is 1.45 bits per heavy atom. The summed E-state index contributed by atoms with van der Waals surface area (Å²) in [5.74, 6) is 0.574. The van der Waals surface area contributed by atoms with Crippen LogP contribution in [-0.2, 0) is 19.1 Å². The van der Waals surface area contributed by atoms with Gasteiger partial charge in [0.05, 0.1) is 37.5 Å². The molecule has 0 atom stereocenters. The van der Waals surface area contributed by atoms with E-state index in [1.54, 1.807) is 12.2 Å². The number of allylic oxidation sites excluding steroid dienone is 4. The van der Waals surface area contributed by atoms with Crippen molar-refractivity contribution in [2.24, 2.45) is 5.16 Å². The van der Waals surface area contributed by atoms with Crippen molar-refractivity contribution >= 4 is 15.8 Å². The van der Waals surface area contributed by atoms with Crippen LogP contribution in [0.4, 0.5) is 0 Å². The van der Waals surface area contributed by atoms with Crippen LogP contribution in [0.1, 0.15) is 32.6 Å². The van der Waals surface area contributed by atoms with Crippen LogP contribution < -0.4 is 0 Å². The van der Waals surface area contributed by atoms with E-state index in [0.717, 1.165) is 6.42 Å². The van der Waals surface area contributed by atoms with Crippen molar-refractivity contribution in [2.75, 3.05) is 12.9 Å². The van der Waals surface area contributed by atoms with Gasteiger partial charge in [-0.3, -0.25) is 4.28 Å². The molecule has 110 valence electrons. The zero-order valence-electron chi connectivity index (χ0n) is 11.6. The first kappa shape index (κ1) is 16.2. The highest BCUT2D eigenvalue weighted by Gasteiger charge is 2.17. The van der Waals surface area contributed by atoms with Gasteiger partial charge in [-0.2, -0.15) is 13.7 Å². The Balaban J connectivity index is 2.83. The third-order valence-corrected chi connectivity index (χ3v) is 3.81. The predicted octanol–water partition coefficient (Wildman–Crippen LogP) is 2.26. The van der Waals surface area contributed by atoms with Crippen LogP contribution in [0.2, 0.25) is 0 Å². The third-order valence-electron chi connectivity index (χ3n) is 2.72. The van der Waals surface area contributed by atoms with E-state index in [2.05, 4.69) is 9.44 Å². The van der Waals surface area contributed by atoms with Crippen LogP contribution in [-0.4, -0.2) is 27.0 Å². The number of nitrogens with zero attached hydrogens (tertiary/aromatic N) is 2. The van der Waals surface area contributed by atoms with Crippen LogP contribution >= 0.6 is 0 Å². The van der Waals surface area contributed by atoms with Crippen LogP contribution in [0.25, 0.3) is 0 Å². The van der Waals surface area contributed by atoms with E-state index in [-0.39, 0.29) is 12.2 Å². The van der Waals surface area contributed by atoms with Crippen LogP contribution in [0.5, 0.6) is 0 Å². The van der Waals surface area contributed by atoms with E-state index in [4.69, 9.17) is 10.00 Å². The number of nitriles is 1. The number of hydrogen-bond donors (Lipinski definition) is 0. The van der Waals surface area contributed by atoms with Crippen LogP contribution in [0.3, 0.4) is 0 Å². The average Bonchev–Trinajstić information content (AvgIpc) is 2.44. The largest absolute Gasteiger partial charge is 0.501 e. The molecule has 20 heavy (non-hydrogen) atoms. The van der Waals surface area contributed by atoms with E-state index in [1.165, 1.54) is 7.11 Å². The van der Waals surface area contributed by atoms with E-state index >= 15 is 0 Å². The summed E-state index contributed by atoms with van der Waals surface area (Å²) in [4.78, 5) is 0. The topological polar surface area (TPSA) is 88.8 Å². The van der Waals surface area contributed by atoms with Crippen molar-refractivity contribution in [2.45, 2.75) is 32.6 Å². The first-order valence-electron chi connectivity index (χ1n) is 6.31. The average molecular weight is 298 g/mol. The van der Waals surface area contributed by atoms with Gasteiger partial charge in [0.2, 0.25) is 0 Å². The molecule has 0 aliphatic heterocycles. The molecule has 0 N–H and O–H groups in total. The van der Waals surface area contributed by atoms with Gasteiger partial charge in [0.25, 0.3) is 0 Å². The zero-order valence-corrected chi connectivity index (χ0v) is 12.4. The lowest BCUT2D eigenvalue weighted by atomic mass is 9.99. The molecule has 1 aliphatic rings. The third kappa shape index (κ3) is 5.05. The smallest absolute Gasteiger partial charge is 0.328 e. The Kier molecular flexibility index (Phi) is 6.25. The minimum Gasteiger partial charge on any atom is -0.501 e. The number of unbranched alkanes of at least 4 members (excludes halogenated alkanes) is 1. The maximum Gasteiger partial charge on any atom is 0.328 e. The highest BCUT2D eigenvalue weighted by molar-refractivity contribution is 7.86. The van der Waals surface area contributed by atoms with Gasteiger partial charge >= 0.3 is 10.1 Å². The lowest BCUT2D eigenvalue weighted by molar-refractivity contribution is 0.284. The molecule has 0 aromatic rings. The quantitative estimate of drug-likeness (QED) is 0.673. The molecule has 0 fully saturated rings. The Morgan fingerprint density at radius 3 is 2.80 bits per heavy atom. The summed E-state index contributed by atoms with van der Waals surface area (Å²) in [5.41, 5.74) is 1.05. The normalized spacial score (nSPS) is 17.1. The van der Waals surface area contributed by atoms with E-state index in [9.17, 15) is 8.42 Å². The first-order valence-corrected chi connectivity index (χ1v) is 7.89. The summed E-state index contributed by atoms with van der Waals surface area (Å²) < 4.78 is 32.9. The fourth-order valence-electron chi connectivity index (χ4n) is 1.56. The van der Waals surface area contributed by atoms with Crippen molar-refractivity contribution in [3.8, 4) is 6.07 Å². The molecule has 0 amide bonds. The molecule has 0 aromatic heterocycles. The molecule has 0 aromatic carbocycles. The number of ether oxygens (including phenoxy) is 1. The van der Waals surface area contributed by atoms with Gasteiger partial charge in [0, 0.05) is 0 Å². The van der Waals surface area contributed by atoms with Crippen LogP contribution in [0, 0.1) is 11.3 Å². The van der Waals surface area contributed by atoms with E-state index in [1.807, 2.05) is 13.0 Å². The van der Waals surface area contributed by atoms with Crippen LogP contribution in [0.15, 0.2) is 28.6 Å². The summed E-state index contributed by atoms with van der Waals surface area (Å²) in [6.45, 7) is 1.89. The molecule has 0 radical (unpaired) electrons. The van der Waals surface area contributed by atoms with E-state index < -0.39 is 10.1 Å². The summed E-state index contributed by atoms with van der Waals surface area (Å²) in [6.07, 6.45) is 5.16. The van der Waals surface area contributed by atoms with Gasteiger partial charge in [0.1, 0.15) is 5.76 Å². The lowest BCUT2D eigenvalue weighted by Crippen LogP contribution is -2.13. The Hall–Kier alpha value is -1.81. The molecular weight excluding hydrogens is 280 g/mol. The highest BCUT2D eigenvalue weighted by Crippen LogP contribution is 2.19. The second-order valence-electron chi connectivity index (χ2n) is 4.27. The lowest BCUT2D eigenvalue weighted by Gasteiger charge is -2.14. The van der Waals surface area contributed by atoms with Crippen molar-refractivity contribution < 1.29 is 17.4 Å². The van der Waals surface area contributed by atoms with Gasteiger partial charge in [-0.25, -0.2) is 0 Å². The highest BCUT2D eigenvalue weighted by atomic mass is 32.2.